The van der Waals surface area contributed by atoms with Gasteiger partial charge in [-0.2, -0.15) is 0 Å². The third-order valence-corrected chi connectivity index (χ3v) is 5.57. The number of halogens is 1. The Morgan fingerprint density at radius 3 is 2.18 bits per heavy atom. The van der Waals surface area contributed by atoms with E-state index in [1.165, 1.54) is 25.7 Å². The van der Waals surface area contributed by atoms with Crippen molar-refractivity contribution < 1.29 is 14.6 Å². The van der Waals surface area contributed by atoms with Gasteiger partial charge >= 0.3 is 0 Å². The summed E-state index contributed by atoms with van der Waals surface area (Å²) < 4.78 is 13.0. The number of rotatable bonds is 8. The molecule has 1 unspecified atom stereocenters. The second-order valence-corrected chi connectivity index (χ2v) is 8.79. The second kappa shape index (κ2) is 12.1. The van der Waals surface area contributed by atoms with Gasteiger partial charge < -0.3 is 10.2 Å². The Morgan fingerprint density at radius 2 is 1.64 bits per heavy atom. The zero-order valence-electron chi connectivity index (χ0n) is 18.7. The van der Waals surface area contributed by atoms with Gasteiger partial charge in [0.25, 0.3) is 0 Å². The molecule has 2 rings (SSSR count). The van der Waals surface area contributed by atoms with Crippen molar-refractivity contribution in [2.24, 2.45) is 0 Å². The van der Waals surface area contributed by atoms with E-state index in [1.54, 1.807) is 12.1 Å². The highest BCUT2D eigenvalue weighted by Gasteiger charge is 2.26. The van der Waals surface area contributed by atoms with Crippen LogP contribution in [0.5, 0.6) is 11.5 Å². The van der Waals surface area contributed by atoms with Gasteiger partial charge in [0.2, 0.25) is 0 Å². The number of phenolic OH excluding ortho intramolecular Hbond substituents is 2. The molecular weight excluding hydrogens is 351 g/mol. The fraction of sp³-hybridized carbons (Fsp3) is 0.680. The molecule has 0 fully saturated rings. The van der Waals surface area contributed by atoms with Crippen molar-refractivity contribution in [1.82, 2.24) is 0 Å². The Kier molecular flexibility index (Phi) is 10.6. The average Bonchev–Trinajstić information content (AvgIpc) is 2.65. The molecule has 0 saturated heterocycles. The highest BCUT2D eigenvalue weighted by Crippen LogP contribution is 2.44. The van der Waals surface area contributed by atoms with Gasteiger partial charge in [-0.05, 0) is 54.4 Å². The maximum atomic E-state index is 13.0. The lowest BCUT2D eigenvalue weighted by molar-refractivity contribution is 0.410. The number of phenols is 2. The largest absolute Gasteiger partial charge is 0.507 e. The summed E-state index contributed by atoms with van der Waals surface area (Å²) in [4.78, 5) is 0. The zero-order valence-corrected chi connectivity index (χ0v) is 18.7. The highest BCUT2D eigenvalue weighted by molar-refractivity contribution is 5.52. The fourth-order valence-corrected chi connectivity index (χ4v) is 3.87. The van der Waals surface area contributed by atoms with E-state index in [-0.39, 0.29) is 22.8 Å². The van der Waals surface area contributed by atoms with Crippen LogP contribution < -0.4 is 0 Å². The molecule has 1 atom stereocenters. The van der Waals surface area contributed by atoms with Gasteiger partial charge in [-0.3, -0.25) is 0 Å². The standard InChI is InChI=1S/C22H33FO2.C3H8/c1-4-5-6-7-11-22(2,3)18-13-19(24)21(20(25)14-18)17-10-8-9-16(12-17)15-23;1-3-2/h12-14,17,24-25H,4-11,15H2,1-3H3;3H2,1-2H3. The Bertz CT molecular complexity index is 596. The number of aromatic hydroxyl groups is 2. The van der Waals surface area contributed by atoms with Gasteiger partial charge in [0.1, 0.15) is 18.2 Å². The molecule has 2 nitrogen and oxygen atoms in total. The lowest BCUT2D eigenvalue weighted by atomic mass is 9.78. The van der Waals surface area contributed by atoms with E-state index in [9.17, 15) is 14.6 Å². The van der Waals surface area contributed by atoms with Crippen LogP contribution in [0.2, 0.25) is 0 Å². The Morgan fingerprint density at radius 1 is 1.04 bits per heavy atom. The predicted octanol–water partition coefficient (Wildman–Crippen LogP) is 7.93. The minimum Gasteiger partial charge on any atom is -0.507 e. The molecule has 0 saturated carbocycles. The lowest BCUT2D eigenvalue weighted by Crippen LogP contribution is -2.17. The van der Waals surface area contributed by atoms with Crippen LogP contribution in [-0.4, -0.2) is 16.9 Å². The van der Waals surface area contributed by atoms with Crippen molar-refractivity contribution in [3.8, 4) is 11.5 Å². The number of hydrogen-bond acceptors (Lipinski definition) is 2. The molecule has 160 valence electrons. The molecule has 0 aromatic heterocycles. The molecule has 0 aliphatic heterocycles. The van der Waals surface area contributed by atoms with E-state index in [0.717, 1.165) is 43.2 Å². The van der Waals surface area contributed by atoms with Gasteiger partial charge in [-0.1, -0.05) is 72.8 Å². The van der Waals surface area contributed by atoms with E-state index in [1.807, 2.05) is 6.08 Å². The molecule has 0 radical (unpaired) electrons. The first-order chi connectivity index (χ1) is 13.3. The number of benzene rings is 1. The van der Waals surface area contributed by atoms with Crippen LogP contribution in [-0.2, 0) is 5.41 Å². The van der Waals surface area contributed by atoms with Gasteiger partial charge in [0.15, 0.2) is 0 Å². The number of hydrogen-bond donors (Lipinski definition) is 2. The fourth-order valence-electron chi connectivity index (χ4n) is 3.87. The SMILES string of the molecule is CCC.CCCCCCC(C)(C)c1cc(O)c(C2C=C(CF)CCC2)c(O)c1. The maximum Gasteiger partial charge on any atom is 0.123 e. The van der Waals surface area contributed by atoms with Crippen molar-refractivity contribution in [2.45, 2.75) is 104 Å². The maximum absolute atomic E-state index is 13.0. The molecule has 3 heteroatoms. The molecule has 0 heterocycles. The van der Waals surface area contributed by atoms with Crippen LogP contribution >= 0.6 is 0 Å². The van der Waals surface area contributed by atoms with E-state index in [4.69, 9.17) is 0 Å². The smallest absolute Gasteiger partial charge is 0.123 e. The summed E-state index contributed by atoms with van der Waals surface area (Å²) in [7, 11) is 0. The molecule has 1 aromatic carbocycles. The summed E-state index contributed by atoms with van der Waals surface area (Å²) in [6.45, 7) is 10.3. The summed E-state index contributed by atoms with van der Waals surface area (Å²) in [5.74, 6) is 0.178. The summed E-state index contributed by atoms with van der Waals surface area (Å²) in [5, 5.41) is 21.1. The monoisotopic (exact) mass is 392 g/mol. The van der Waals surface area contributed by atoms with E-state index in [0.29, 0.717) is 5.56 Å². The third-order valence-electron chi connectivity index (χ3n) is 5.57. The van der Waals surface area contributed by atoms with Gasteiger partial charge in [-0.25, -0.2) is 4.39 Å². The van der Waals surface area contributed by atoms with Crippen molar-refractivity contribution in [3.63, 3.8) is 0 Å². The zero-order chi connectivity index (χ0) is 21.2. The summed E-state index contributed by atoms with van der Waals surface area (Å²) in [6, 6.07) is 3.60. The first kappa shape index (κ1) is 24.5. The Hall–Kier alpha value is -1.51. The number of unbranched alkanes of at least 4 members (excludes halogenated alkanes) is 3. The number of allylic oxidation sites excluding steroid dienone is 2. The predicted molar refractivity (Wildman–Crippen MR) is 118 cm³/mol. The van der Waals surface area contributed by atoms with E-state index < -0.39 is 6.67 Å². The summed E-state index contributed by atoms with van der Waals surface area (Å²) in [5.41, 5.74) is 2.20. The quantitative estimate of drug-likeness (QED) is 0.348. The first-order valence-corrected chi connectivity index (χ1v) is 11.1. The van der Waals surface area contributed by atoms with Crippen LogP contribution in [0.1, 0.15) is 109 Å². The normalized spacial score (nSPS) is 16.9. The molecule has 0 bridgehead atoms. The van der Waals surface area contributed by atoms with Crippen molar-refractivity contribution in [1.29, 1.82) is 0 Å². The lowest BCUT2D eigenvalue weighted by Gasteiger charge is -2.28. The second-order valence-electron chi connectivity index (χ2n) is 8.79. The molecule has 0 spiro atoms. The Balaban J connectivity index is 0.00000122. The van der Waals surface area contributed by atoms with Crippen LogP contribution in [0.25, 0.3) is 0 Å². The van der Waals surface area contributed by atoms with E-state index >= 15 is 0 Å². The van der Waals surface area contributed by atoms with Crippen LogP contribution in [0.3, 0.4) is 0 Å². The van der Waals surface area contributed by atoms with Crippen molar-refractivity contribution in [2.75, 3.05) is 6.67 Å². The average molecular weight is 393 g/mol. The molecule has 1 aromatic rings. The van der Waals surface area contributed by atoms with Crippen molar-refractivity contribution in [3.05, 3.63) is 34.9 Å². The van der Waals surface area contributed by atoms with Gasteiger partial charge in [0, 0.05) is 11.5 Å². The van der Waals surface area contributed by atoms with Crippen LogP contribution in [0, 0.1) is 0 Å². The topological polar surface area (TPSA) is 40.5 Å². The molecule has 0 amide bonds. The van der Waals surface area contributed by atoms with Gasteiger partial charge in [0.05, 0.1) is 0 Å². The molecule has 28 heavy (non-hydrogen) atoms. The molecule has 1 aliphatic rings. The molecule has 2 N–H and O–H groups in total. The first-order valence-electron chi connectivity index (χ1n) is 11.1. The number of alkyl halides is 1. The van der Waals surface area contributed by atoms with Gasteiger partial charge in [-0.15, -0.1) is 0 Å². The van der Waals surface area contributed by atoms with Crippen molar-refractivity contribution >= 4 is 0 Å². The summed E-state index contributed by atoms with van der Waals surface area (Å²) >= 11 is 0. The molecule has 1 aliphatic carbocycles. The Labute approximate surface area is 171 Å². The summed E-state index contributed by atoms with van der Waals surface area (Å²) in [6.07, 6.45) is 11.5. The third kappa shape index (κ3) is 7.14. The molecular formula is C25H41FO2. The highest BCUT2D eigenvalue weighted by atomic mass is 19.1. The minimum absolute atomic E-state index is 0.0895. The van der Waals surface area contributed by atoms with Crippen LogP contribution in [0.4, 0.5) is 4.39 Å². The van der Waals surface area contributed by atoms with Crippen LogP contribution in [0.15, 0.2) is 23.8 Å². The van der Waals surface area contributed by atoms with E-state index in [2.05, 4.69) is 34.6 Å². The minimum atomic E-state index is -0.444.